The van der Waals surface area contributed by atoms with Crippen molar-refractivity contribution in [2.75, 3.05) is 20.3 Å². The first-order valence-electron chi connectivity index (χ1n) is 10.7. The smallest absolute Gasteiger partial charge is 0.252 e. The molecule has 3 aromatic rings. The molecule has 0 atom stereocenters. The van der Waals surface area contributed by atoms with Gasteiger partial charge in [0.2, 0.25) is 5.82 Å². The van der Waals surface area contributed by atoms with Gasteiger partial charge in [0.15, 0.2) is 5.82 Å². The van der Waals surface area contributed by atoms with Gasteiger partial charge in [-0.3, -0.25) is 4.79 Å². The van der Waals surface area contributed by atoms with E-state index in [0.717, 1.165) is 25.7 Å². The first-order chi connectivity index (χ1) is 16.1. The lowest BCUT2D eigenvalue weighted by Crippen LogP contribution is -2.38. The summed E-state index contributed by atoms with van der Waals surface area (Å²) in [6.45, 7) is 1.19. The fraction of sp³-hybridized carbons (Fsp3) is 0.333. The lowest BCUT2D eigenvalue weighted by molar-refractivity contribution is 0.0740. The highest BCUT2D eigenvalue weighted by atomic mass is 16.5. The Labute approximate surface area is 191 Å². The van der Waals surface area contributed by atoms with Crippen LogP contribution < -0.4 is 5.32 Å². The normalized spacial score (nSPS) is 14.5. The largest absolute Gasteiger partial charge is 0.384 e. The van der Waals surface area contributed by atoms with Gasteiger partial charge in [-0.15, -0.1) is 4.91 Å². The van der Waals surface area contributed by atoms with Gasteiger partial charge in [-0.25, -0.2) is 4.98 Å². The molecular formula is C24H24N6O3. The molecule has 1 aromatic carbocycles. The number of rotatable bonds is 8. The van der Waals surface area contributed by atoms with Gasteiger partial charge in [-0.1, -0.05) is 25.0 Å². The summed E-state index contributed by atoms with van der Waals surface area (Å²) in [6, 6.07) is 12.1. The summed E-state index contributed by atoms with van der Waals surface area (Å²) in [7, 11) is 1.69. The maximum atomic E-state index is 12.7. The van der Waals surface area contributed by atoms with Crippen LogP contribution in [0.2, 0.25) is 0 Å². The molecule has 0 unspecified atom stereocenters. The third kappa shape index (κ3) is 4.66. The van der Waals surface area contributed by atoms with Crippen LogP contribution in [-0.2, 0) is 4.74 Å². The predicted molar refractivity (Wildman–Crippen MR) is 122 cm³/mol. The number of nitrogens with one attached hydrogen (secondary N) is 1. The Morgan fingerprint density at radius 1 is 1.21 bits per heavy atom. The molecule has 0 bridgehead atoms. The molecule has 9 nitrogen and oxygen atoms in total. The summed E-state index contributed by atoms with van der Waals surface area (Å²) in [4.78, 5) is 28.6. The molecule has 1 fully saturated rings. The zero-order valence-electron chi connectivity index (χ0n) is 18.3. The summed E-state index contributed by atoms with van der Waals surface area (Å²) in [6.07, 6.45) is 7.37. The van der Waals surface area contributed by atoms with Crippen LogP contribution in [0.3, 0.4) is 0 Å². The van der Waals surface area contributed by atoms with Crippen LogP contribution in [0.5, 0.6) is 0 Å². The number of benzene rings is 1. The number of hydrogen-bond donors (Lipinski definition) is 1. The minimum absolute atomic E-state index is 0.000779. The van der Waals surface area contributed by atoms with E-state index < -0.39 is 0 Å². The van der Waals surface area contributed by atoms with Gasteiger partial charge in [0.05, 0.1) is 35.6 Å². The first-order valence-corrected chi connectivity index (χ1v) is 10.7. The van der Waals surface area contributed by atoms with E-state index in [1.807, 2.05) is 0 Å². The predicted octanol–water partition coefficient (Wildman–Crippen LogP) is 4.14. The molecule has 9 heteroatoms. The van der Waals surface area contributed by atoms with Crippen molar-refractivity contribution in [1.29, 1.82) is 5.26 Å². The van der Waals surface area contributed by atoms with E-state index in [9.17, 15) is 9.70 Å². The zero-order valence-corrected chi connectivity index (χ0v) is 18.3. The molecule has 1 aliphatic rings. The SMILES string of the molecule is COCC1(CNC(=O)c2ccc(-n3ncc(-c4ccc(C#N)cc4)c3N=O)nc2)CCCC1. The standard InChI is InChI=1S/C24H24N6O3/c1-33-16-24(10-2-3-11-24)15-27-23(31)19-8-9-21(26-13-19)30-22(29-32)20(14-28-30)18-6-4-17(12-25)5-7-18/h4-9,13-14H,2-3,10-11,15-16H2,1H3,(H,27,31). The van der Waals surface area contributed by atoms with Crippen LogP contribution in [0.15, 0.2) is 54.0 Å². The Morgan fingerprint density at radius 2 is 1.97 bits per heavy atom. The van der Waals surface area contributed by atoms with Crippen LogP contribution in [0.1, 0.15) is 41.6 Å². The molecule has 1 aliphatic carbocycles. The number of aromatic nitrogens is 3. The number of nitroso groups, excluding NO2 is 1. The molecule has 2 aromatic heterocycles. The van der Waals surface area contributed by atoms with E-state index in [1.54, 1.807) is 43.5 Å². The lowest BCUT2D eigenvalue weighted by atomic mass is 9.87. The molecule has 168 valence electrons. The van der Waals surface area contributed by atoms with Crippen molar-refractivity contribution in [3.05, 3.63) is 64.8 Å². The fourth-order valence-corrected chi connectivity index (χ4v) is 4.34. The molecule has 1 N–H and O–H groups in total. The summed E-state index contributed by atoms with van der Waals surface area (Å²) < 4.78 is 6.70. The molecule has 4 rings (SSSR count). The Kier molecular flexibility index (Phi) is 6.56. The van der Waals surface area contributed by atoms with Gasteiger partial charge < -0.3 is 10.1 Å². The van der Waals surface area contributed by atoms with Crippen molar-refractivity contribution in [3.63, 3.8) is 0 Å². The third-order valence-electron chi connectivity index (χ3n) is 6.12. The highest BCUT2D eigenvalue weighted by Crippen LogP contribution is 2.37. The molecule has 2 heterocycles. The number of ether oxygens (including phenoxy) is 1. The fourth-order valence-electron chi connectivity index (χ4n) is 4.34. The van der Waals surface area contributed by atoms with Crippen LogP contribution in [0.25, 0.3) is 16.9 Å². The average Bonchev–Trinajstić information content (AvgIpc) is 3.50. The Morgan fingerprint density at radius 3 is 2.58 bits per heavy atom. The third-order valence-corrected chi connectivity index (χ3v) is 6.12. The van der Waals surface area contributed by atoms with Gasteiger partial charge in [0, 0.05) is 25.3 Å². The number of carbonyl (C=O) groups is 1. The van der Waals surface area contributed by atoms with E-state index in [1.165, 1.54) is 17.1 Å². The number of nitriles is 1. The monoisotopic (exact) mass is 444 g/mol. The number of amides is 1. The number of carbonyl (C=O) groups excluding carboxylic acids is 1. The quantitative estimate of drug-likeness (QED) is 0.521. The Balaban J connectivity index is 1.50. The topological polar surface area (TPSA) is 122 Å². The molecular weight excluding hydrogens is 420 g/mol. The van der Waals surface area contributed by atoms with E-state index in [4.69, 9.17) is 10.00 Å². The summed E-state index contributed by atoms with van der Waals surface area (Å²) in [5, 5.41) is 19.4. The van der Waals surface area contributed by atoms with Gasteiger partial charge >= 0.3 is 0 Å². The molecule has 0 spiro atoms. The molecule has 0 saturated heterocycles. The molecule has 0 aliphatic heterocycles. The number of nitrogens with zero attached hydrogens (tertiary/aromatic N) is 5. The van der Waals surface area contributed by atoms with Gasteiger partial charge in [-0.05, 0) is 47.8 Å². The minimum atomic E-state index is -0.205. The maximum absolute atomic E-state index is 12.7. The maximum Gasteiger partial charge on any atom is 0.252 e. The van der Waals surface area contributed by atoms with Crippen molar-refractivity contribution < 1.29 is 9.53 Å². The number of hydrogen-bond acceptors (Lipinski definition) is 7. The second-order valence-corrected chi connectivity index (χ2v) is 8.30. The van der Waals surface area contributed by atoms with Crippen molar-refractivity contribution in [1.82, 2.24) is 20.1 Å². The second-order valence-electron chi connectivity index (χ2n) is 8.30. The van der Waals surface area contributed by atoms with Crippen LogP contribution in [0.4, 0.5) is 5.82 Å². The number of pyridine rings is 1. The highest BCUT2D eigenvalue weighted by molar-refractivity contribution is 5.94. The first kappa shape index (κ1) is 22.3. The Hall–Kier alpha value is -3.90. The number of methoxy groups -OCH3 is 1. The summed E-state index contributed by atoms with van der Waals surface area (Å²) in [5.74, 6) is 0.253. The van der Waals surface area contributed by atoms with Crippen LogP contribution >= 0.6 is 0 Å². The zero-order chi connectivity index (χ0) is 23.3. The summed E-state index contributed by atoms with van der Waals surface area (Å²) in [5.41, 5.74) is 2.17. The molecule has 1 amide bonds. The lowest BCUT2D eigenvalue weighted by Gasteiger charge is -2.28. The van der Waals surface area contributed by atoms with Crippen molar-refractivity contribution in [3.8, 4) is 23.0 Å². The van der Waals surface area contributed by atoms with Crippen LogP contribution in [0, 0.1) is 21.7 Å². The average molecular weight is 444 g/mol. The second kappa shape index (κ2) is 9.71. The Bertz CT molecular complexity index is 1170. The molecule has 33 heavy (non-hydrogen) atoms. The van der Waals surface area contributed by atoms with Crippen molar-refractivity contribution in [2.24, 2.45) is 10.6 Å². The van der Waals surface area contributed by atoms with E-state index in [-0.39, 0.29) is 17.1 Å². The molecule has 1 saturated carbocycles. The van der Waals surface area contributed by atoms with Gasteiger partial charge in [-0.2, -0.15) is 15.0 Å². The summed E-state index contributed by atoms with van der Waals surface area (Å²) >= 11 is 0. The van der Waals surface area contributed by atoms with E-state index in [2.05, 4.69) is 26.6 Å². The van der Waals surface area contributed by atoms with E-state index >= 15 is 0 Å². The van der Waals surface area contributed by atoms with Gasteiger partial charge in [0.25, 0.3) is 5.91 Å². The van der Waals surface area contributed by atoms with Gasteiger partial charge in [0.1, 0.15) is 0 Å². The highest BCUT2D eigenvalue weighted by Gasteiger charge is 2.34. The minimum Gasteiger partial charge on any atom is -0.384 e. The van der Waals surface area contributed by atoms with Crippen molar-refractivity contribution in [2.45, 2.75) is 25.7 Å². The van der Waals surface area contributed by atoms with Crippen molar-refractivity contribution >= 4 is 11.7 Å². The van der Waals surface area contributed by atoms with E-state index in [0.29, 0.717) is 41.2 Å². The molecule has 0 radical (unpaired) electrons. The van der Waals surface area contributed by atoms with Crippen LogP contribution in [-0.4, -0.2) is 40.9 Å².